The molecule has 1 unspecified atom stereocenters. The molecule has 2 aromatic rings. The van der Waals surface area contributed by atoms with E-state index in [2.05, 4.69) is 4.72 Å². The van der Waals surface area contributed by atoms with Gasteiger partial charge in [-0.25, -0.2) is 21.1 Å². The molecule has 0 bridgehead atoms. The molecule has 8 nitrogen and oxygen atoms in total. The first-order valence-electron chi connectivity index (χ1n) is 8.19. The summed E-state index contributed by atoms with van der Waals surface area (Å²) in [5.74, 6) is -1.76. The largest absolute Gasteiger partial charge is 0.495 e. The maximum atomic E-state index is 13.0. The first-order valence-corrected chi connectivity index (χ1v) is 12.0. The fraction of sp³-hybridized carbons (Fsp3) is 0.235. The summed E-state index contributed by atoms with van der Waals surface area (Å²) in [4.78, 5) is 12.0. The van der Waals surface area contributed by atoms with Gasteiger partial charge in [0.25, 0.3) is 10.0 Å². The summed E-state index contributed by atoms with van der Waals surface area (Å²) in [5, 5.41) is 0.148. The summed E-state index contributed by atoms with van der Waals surface area (Å²) in [6.45, 7) is 1.49. The molecule has 1 fully saturated rings. The molecule has 1 atom stereocenters. The number of carbonyl (C=O) groups is 1. The third-order valence-corrected chi connectivity index (χ3v) is 8.30. The van der Waals surface area contributed by atoms with Crippen molar-refractivity contribution in [2.75, 3.05) is 21.9 Å². The van der Waals surface area contributed by atoms with Crippen LogP contribution >= 0.6 is 23.2 Å². The predicted octanol–water partition coefficient (Wildman–Crippen LogP) is 3.12. The highest BCUT2D eigenvalue weighted by atomic mass is 35.5. The molecule has 0 radical (unpaired) electrons. The van der Waals surface area contributed by atoms with E-state index < -0.39 is 31.9 Å². The molecule has 0 saturated carbocycles. The predicted molar refractivity (Wildman–Crippen MR) is 111 cm³/mol. The van der Waals surface area contributed by atoms with Crippen molar-refractivity contribution in [3.63, 3.8) is 0 Å². The normalized spacial score (nSPS) is 18.7. The molecule has 29 heavy (non-hydrogen) atoms. The van der Waals surface area contributed by atoms with Gasteiger partial charge >= 0.3 is 0 Å². The van der Waals surface area contributed by atoms with E-state index in [1.54, 1.807) is 0 Å². The molecule has 0 aromatic heterocycles. The summed E-state index contributed by atoms with van der Waals surface area (Å²) in [6, 6.07) is 8.06. The van der Waals surface area contributed by atoms with Crippen molar-refractivity contribution >= 4 is 60.5 Å². The van der Waals surface area contributed by atoms with Crippen LogP contribution < -0.4 is 13.8 Å². The van der Waals surface area contributed by atoms with E-state index in [4.69, 9.17) is 27.9 Å². The van der Waals surface area contributed by atoms with Crippen LogP contribution in [0.2, 0.25) is 10.0 Å². The summed E-state index contributed by atoms with van der Waals surface area (Å²) in [5.41, 5.74) is -0.0668. The quantitative estimate of drug-likeness (QED) is 0.706. The van der Waals surface area contributed by atoms with Crippen LogP contribution in [-0.4, -0.2) is 35.6 Å². The molecule has 2 aromatic carbocycles. The molecule has 0 spiro atoms. The van der Waals surface area contributed by atoms with Gasteiger partial charge in [-0.2, -0.15) is 0 Å². The molecular weight excluding hydrogens is 463 g/mol. The lowest BCUT2D eigenvalue weighted by atomic mass is 10.2. The summed E-state index contributed by atoms with van der Waals surface area (Å²) in [7, 11) is -6.90. The standard InChI is InChI=1S/C17H16Cl2N2O6S2/c1-10-9-28(23,24)21(17(10)22)11-6-7-14(27-2)15(8-11)29(25,26)20-13-5-3-4-12(18)16(13)19/h3-8,10,20H,9H2,1-2H3. The number of benzene rings is 2. The molecule has 3 rings (SSSR count). The van der Waals surface area contributed by atoms with E-state index in [9.17, 15) is 21.6 Å². The van der Waals surface area contributed by atoms with Crippen molar-refractivity contribution < 1.29 is 26.4 Å². The second-order valence-electron chi connectivity index (χ2n) is 6.32. The van der Waals surface area contributed by atoms with Crippen molar-refractivity contribution in [3.05, 3.63) is 46.4 Å². The average molecular weight is 479 g/mol. The Hall–Kier alpha value is -2.01. The maximum absolute atomic E-state index is 13.0. The first-order chi connectivity index (χ1) is 13.5. The van der Waals surface area contributed by atoms with Crippen LogP contribution in [0.1, 0.15) is 6.92 Å². The van der Waals surface area contributed by atoms with Crippen molar-refractivity contribution in [1.29, 1.82) is 0 Å². The molecule has 1 saturated heterocycles. The van der Waals surface area contributed by atoms with E-state index in [0.29, 0.717) is 4.31 Å². The summed E-state index contributed by atoms with van der Waals surface area (Å²) >= 11 is 12.0. The molecule has 1 aliphatic heterocycles. The van der Waals surface area contributed by atoms with Gasteiger partial charge in [0.1, 0.15) is 10.6 Å². The number of ether oxygens (including phenoxy) is 1. The number of sulfonamides is 2. The van der Waals surface area contributed by atoms with E-state index >= 15 is 0 Å². The van der Waals surface area contributed by atoms with Crippen molar-refractivity contribution in [1.82, 2.24) is 0 Å². The van der Waals surface area contributed by atoms with Crippen LogP contribution in [0.4, 0.5) is 11.4 Å². The monoisotopic (exact) mass is 478 g/mol. The minimum atomic E-state index is -4.27. The van der Waals surface area contributed by atoms with Crippen LogP contribution in [0.3, 0.4) is 0 Å². The molecule has 12 heteroatoms. The Morgan fingerprint density at radius 3 is 2.48 bits per heavy atom. The molecule has 0 aliphatic carbocycles. The third kappa shape index (κ3) is 4.02. The van der Waals surface area contributed by atoms with Gasteiger partial charge in [-0.15, -0.1) is 0 Å². The summed E-state index contributed by atoms with van der Waals surface area (Å²) in [6.07, 6.45) is 0. The van der Waals surface area contributed by atoms with Crippen molar-refractivity contribution in [2.45, 2.75) is 11.8 Å². The highest BCUT2D eigenvalue weighted by molar-refractivity contribution is 7.94. The van der Waals surface area contributed by atoms with Gasteiger partial charge in [0.05, 0.1) is 40.2 Å². The van der Waals surface area contributed by atoms with Crippen LogP contribution in [0.15, 0.2) is 41.3 Å². The smallest absolute Gasteiger partial charge is 0.265 e. The lowest BCUT2D eigenvalue weighted by molar-refractivity contribution is -0.119. The van der Waals surface area contributed by atoms with E-state index in [0.717, 1.165) is 6.07 Å². The number of amides is 1. The molecular formula is C17H16Cl2N2O6S2. The Kier molecular flexibility index (Phi) is 5.74. The number of anilines is 2. The van der Waals surface area contributed by atoms with E-state index in [1.165, 1.54) is 44.4 Å². The number of rotatable bonds is 5. The third-order valence-electron chi connectivity index (χ3n) is 4.23. The minimum Gasteiger partial charge on any atom is -0.495 e. The first kappa shape index (κ1) is 21.7. The SMILES string of the molecule is COc1ccc(N2C(=O)C(C)CS2(=O)=O)cc1S(=O)(=O)Nc1cccc(Cl)c1Cl. The maximum Gasteiger partial charge on any atom is 0.265 e. The lowest BCUT2D eigenvalue weighted by Gasteiger charge is -2.18. The molecule has 1 heterocycles. The Labute approximate surface area is 178 Å². The Bertz CT molecular complexity index is 1200. The molecule has 1 amide bonds. The van der Waals surface area contributed by atoms with E-state index in [-0.39, 0.29) is 37.8 Å². The topological polar surface area (TPSA) is 110 Å². The zero-order valence-electron chi connectivity index (χ0n) is 15.2. The van der Waals surface area contributed by atoms with Crippen molar-refractivity contribution in [2.24, 2.45) is 5.92 Å². The van der Waals surface area contributed by atoms with Gasteiger partial charge in [-0.1, -0.05) is 36.2 Å². The van der Waals surface area contributed by atoms with Crippen molar-refractivity contribution in [3.8, 4) is 5.75 Å². The Morgan fingerprint density at radius 2 is 1.90 bits per heavy atom. The molecule has 1 aliphatic rings. The average Bonchev–Trinajstić information content (AvgIpc) is 2.85. The zero-order chi connectivity index (χ0) is 21.6. The Balaban J connectivity index is 2.10. The zero-order valence-corrected chi connectivity index (χ0v) is 18.4. The number of methoxy groups -OCH3 is 1. The van der Waals surface area contributed by atoms with Gasteiger partial charge in [-0.05, 0) is 30.3 Å². The van der Waals surface area contributed by atoms with Gasteiger partial charge in [0.15, 0.2) is 0 Å². The number of hydrogen-bond donors (Lipinski definition) is 1. The number of nitrogens with one attached hydrogen (secondary N) is 1. The van der Waals surface area contributed by atoms with Crippen LogP contribution in [0.25, 0.3) is 0 Å². The van der Waals surface area contributed by atoms with Gasteiger partial charge in [0, 0.05) is 0 Å². The van der Waals surface area contributed by atoms with Crippen LogP contribution in [0, 0.1) is 5.92 Å². The Morgan fingerprint density at radius 1 is 1.21 bits per heavy atom. The lowest BCUT2D eigenvalue weighted by Crippen LogP contribution is -2.30. The van der Waals surface area contributed by atoms with Gasteiger partial charge in [-0.3, -0.25) is 9.52 Å². The van der Waals surface area contributed by atoms with Crippen LogP contribution in [0.5, 0.6) is 5.75 Å². The molecule has 156 valence electrons. The van der Waals surface area contributed by atoms with Crippen LogP contribution in [-0.2, 0) is 24.8 Å². The van der Waals surface area contributed by atoms with E-state index in [1.807, 2.05) is 0 Å². The summed E-state index contributed by atoms with van der Waals surface area (Å²) < 4.78 is 58.7. The molecule has 1 N–H and O–H groups in total. The van der Waals surface area contributed by atoms with Gasteiger partial charge in [0.2, 0.25) is 15.9 Å². The second-order valence-corrected chi connectivity index (χ2v) is 10.6. The second kappa shape index (κ2) is 7.67. The number of halogens is 2. The highest BCUT2D eigenvalue weighted by Gasteiger charge is 2.42. The minimum absolute atomic E-state index is 0.000939. The van der Waals surface area contributed by atoms with Gasteiger partial charge < -0.3 is 4.74 Å². The number of carbonyl (C=O) groups excluding carboxylic acids is 1. The fourth-order valence-electron chi connectivity index (χ4n) is 2.87. The highest BCUT2D eigenvalue weighted by Crippen LogP contribution is 2.36. The number of hydrogen-bond acceptors (Lipinski definition) is 6. The fourth-order valence-corrected chi connectivity index (χ4v) is 6.35. The number of nitrogens with zero attached hydrogens (tertiary/aromatic N) is 1.